The fourth-order valence-electron chi connectivity index (χ4n) is 1.19. The lowest BCUT2D eigenvalue weighted by Crippen LogP contribution is -2.20. The summed E-state index contributed by atoms with van der Waals surface area (Å²) in [6.07, 6.45) is 0. The maximum Gasteiger partial charge on any atom is 0.266 e. The Morgan fingerprint density at radius 1 is 1.31 bits per heavy atom. The summed E-state index contributed by atoms with van der Waals surface area (Å²) in [6.45, 7) is 0. The average Bonchev–Trinajstić information content (AvgIpc) is 2.22. The number of anilines is 1. The standard InChI is InChI=1S/C7H6N2O3S/c8-4-1-2-6-5(3-4)7(10)9-13(6,11)12/h1-3H,8H2,(H,9,10). The molecule has 0 aromatic heterocycles. The van der Waals surface area contributed by atoms with Gasteiger partial charge in [0.1, 0.15) is 4.90 Å². The molecule has 1 aromatic carbocycles. The molecule has 0 aliphatic carbocycles. The van der Waals surface area contributed by atoms with Crippen LogP contribution in [0.25, 0.3) is 0 Å². The minimum absolute atomic E-state index is 0.00769. The van der Waals surface area contributed by atoms with Gasteiger partial charge in [-0.05, 0) is 18.2 Å². The number of carbonyl (C=O) groups is 1. The zero-order valence-electron chi connectivity index (χ0n) is 6.44. The summed E-state index contributed by atoms with van der Waals surface area (Å²) >= 11 is 0. The van der Waals surface area contributed by atoms with Crippen molar-refractivity contribution in [1.82, 2.24) is 4.72 Å². The second-order valence-corrected chi connectivity index (χ2v) is 4.34. The monoisotopic (exact) mass is 198 g/mol. The number of sulfonamides is 1. The molecule has 0 fully saturated rings. The Bertz CT molecular complexity index is 492. The predicted octanol–water partition coefficient (Wildman–Crippen LogP) is -0.299. The highest BCUT2D eigenvalue weighted by atomic mass is 32.2. The van der Waals surface area contributed by atoms with Gasteiger partial charge in [0.05, 0.1) is 5.56 Å². The Hall–Kier alpha value is -1.56. The molecule has 3 N–H and O–H groups in total. The van der Waals surface area contributed by atoms with Gasteiger partial charge in [-0.3, -0.25) is 4.79 Å². The second kappa shape index (κ2) is 2.23. The van der Waals surface area contributed by atoms with Crippen LogP contribution in [0.3, 0.4) is 0 Å². The first-order valence-electron chi connectivity index (χ1n) is 3.47. The third kappa shape index (κ3) is 1.06. The molecule has 0 saturated heterocycles. The summed E-state index contributed by atoms with van der Waals surface area (Å²) in [4.78, 5) is 11.1. The van der Waals surface area contributed by atoms with Crippen LogP contribution in [0.1, 0.15) is 10.4 Å². The van der Waals surface area contributed by atoms with Crippen molar-refractivity contribution < 1.29 is 13.2 Å². The summed E-state index contributed by atoms with van der Waals surface area (Å²) in [6, 6.07) is 4.10. The topological polar surface area (TPSA) is 89.3 Å². The molecule has 1 aromatic rings. The third-order valence-corrected chi connectivity index (χ3v) is 3.15. The van der Waals surface area contributed by atoms with Gasteiger partial charge in [0.15, 0.2) is 0 Å². The molecule has 0 bridgehead atoms. The van der Waals surface area contributed by atoms with Crippen molar-refractivity contribution in [2.45, 2.75) is 4.90 Å². The Balaban J connectivity index is 2.80. The summed E-state index contributed by atoms with van der Waals surface area (Å²) in [5.74, 6) is -0.623. The number of hydrogen-bond acceptors (Lipinski definition) is 4. The quantitative estimate of drug-likeness (QED) is 0.560. The Kier molecular flexibility index (Phi) is 1.38. The molecule has 5 nitrogen and oxygen atoms in total. The van der Waals surface area contributed by atoms with Crippen molar-refractivity contribution in [3.05, 3.63) is 23.8 Å². The normalized spacial score (nSPS) is 18.0. The zero-order valence-corrected chi connectivity index (χ0v) is 7.26. The van der Waals surface area contributed by atoms with Crippen LogP contribution in [0.4, 0.5) is 5.69 Å². The van der Waals surface area contributed by atoms with E-state index in [0.29, 0.717) is 5.69 Å². The number of nitrogens with one attached hydrogen (secondary N) is 1. The molecule has 0 atom stereocenters. The summed E-state index contributed by atoms with van der Waals surface area (Å²) in [5, 5.41) is 0. The summed E-state index contributed by atoms with van der Waals surface area (Å²) in [7, 11) is -3.63. The maximum absolute atomic E-state index is 11.2. The average molecular weight is 198 g/mol. The minimum atomic E-state index is -3.63. The van der Waals surface area contributed by atoms with Crippen LogP contribution in [0, 0.1) is 0 Å². The number of nitrogen functional groups attached to an aromatic ring is 1. The fourth-order valence-corrected chi connectivity index (χ4v) is 2.34. The number of fused-ring (bicyclic) bond motifs is 1. The van der Waals surface area contributed by atoms with E-state index in [1.54, 1.807) is 0 Å². The lowest BCUT2D eigenvalue weighted by atomic mass is 10.2. The van der Waals surface area contributed by atoms with Gasteiger partial charge in [0, 0.05) is 5.69 Å². The molecule has 0 saturated carbocycles. The van der Waals surface area contributed by atoms with E-state index in [2.05, 4.69) is 0 Å². The molecule has 0 radical (unpaired) electrons. The first kappa shape index (κ1) is 8.06. The van der Waals surface area contributed by atoms with E-state index in [-0.39, 0.29) is 10.5 Å². The van der Waals surface area contributed by atoms with Crippen LogP contribution >= 0.6 is 0 Å². The first-order chi connectivity index (χ1) is 6.00. The lowest BCUT2D eigenvalue weighted by Gasteiger charge is -1.95. The molecule has 1 aliphatic heterocycles. The molecular formula is C7H6N2O3S. The molecule has 0 unspecified atom stereocenters. The molecule has 1 amide bonds. The van der Waals surface area contributed by atoms with Gasteiger partial charge in [-0.25, -0.2) is 13.1 Å². The Morgan fingerprint density at radius 3 is 2.69 bits per heavy atom. The van der Waals surface area contributed by atoms with Gasteiger partial charge in [-0.2, -0.15) is 0 Å². The highest BCUT2D eigenvalue weighted by Crippen LogP contribution is 2.23. The van der Waals surface area contributed by atoms with Crippen molar-refractivity contribution in [2.24, 2.45) is 0 Å². The lowest BCUT2D eigenvalue weighted by molar-refractivity contribution is 0.0985. The molecule has 2 rings (SSSR count). The summed E-state index contributed by atoms with van der Waals surface area (Å²) in [5.41, 5.74) is 5.88. The van der Waals surface area contributed by atoms with E-state index in [9.17, 15) is 13.2 Å². The van der Waals surface area contributed by atoms with Crippen molar-refractivity contribution in [1.29, 1.82) is 0 Å². The highest BCUT2D eigenvalue weighted by molar-refractivity contribution is 7.90. The molecule has 68 valence electrons. The van der Waals surface area contributed by atoms with E-state index >= 15 is 0 Å². The van der Waals surface area contributed by atoms with E-state index < -0.39 is 15.9 Å². The maximum atomic E-state index is 11.2. The SMILES string of the molecule is Nc1ccc2c(c1)C(=O)NS2(=O)=O. The number of nitrogens with two attached hydrogens (primary N) is 1. The van der Waals surface area contributed by atoms with Crippen LogP contribution in [0.15, 0.2) is 23.1 Å². The second-order valence-electron chi connectivity index (χ2n) is 2.69. The smallest absolute Gasteiger partial charge is 0.266 e. The first-order valence-corrected chi connectivity index (χ1v) is 4.96. The van der Waals surface area contributed by atoms with Gasteiger partial charge in [0.25, 0.3) is 15.9 Å². The predicted molar refractivity (Wildman–Crippen MR) is 45.5 cm³/mol. The molecule has 1 heterocycles. The van der Waals surface area contributed by atoms with Crippen molar-refractivity contribution in [3.63, 3.8) is 0 Å². The fraction of sp³-hybridized carbons (Fsp3) is 0. The van der Waals surface area contributed by atoms with Gasteiger partial charge in [0.2, 0.25) is 0 Å². The number of carbonyl (C=O) groups excluding carboxylic acids is 1. The largest absolute Gasteiger partial charge is 0.399 e. The van der Waals surface area contributed by atoms with Crippen LogP contribution < -0.4 is 10.5 Å². The van der Waals surface area contributed by atoms with Crippen LogP contribution in [0.2, 0.25) is 0 Å². The van der Waals surface area contributed by atoms with Gasteiger partial charge < -0.3 is 5.73 Å². The molecule has 13 heavy (non-hydrogen) atoms. The van der Waals surface area contributed by atoms with Gasteiger partial charge in [-0.15, -0.1) is 0 Å². The highest BCUT2D eigenvalue weighted by Gasteiger charge is 2.32. The molecule has 0 spiro atoms. The minimum Gasteiger partial charge on any atom is -0.399 e. The number of hydrogen-bond donors (Lipinski definition) is 2. The van der Waals surface area contributed by atoms with Crippen LogP contribution in [0.5, 0.6) is 0 Å². The number of amides is 1. The molecular weight excluding hydrogens is 192 g/mol. The Labute approximate surface area is 74.6 Å². The molecule has 1 aliphatic rings. The van der Waals surface area contributed by atoms with Crippen LogP contribution in [-0.4, -0.2) is 14.3 Å². The van der Waals surface area contributed by atoms with Crippen molar-refractivity contribution in [3.8, 4) is 0 Å². The van der Waals surface area contributed by atoms with E-state index in [0.717, 1.165) is 0 Å². The number of rotatable bonds is 0. The van der Waals surface area contributed by atoms with Crippen molar-refractivity contribution in [2.75, 3.05) is 5.73 Å². The summed E-state index contributed by atoms with van der Waals surface area (Å²) < 4.78 is 24.3. The Morgan fingerprint density at radius 2 is 2.00 bits per heavy atom. The zero-order chi connectivity index (χ0) is 9.64. The third-order valence-electron chi connectivity index (χ3n) is 1.76. The van der Waals surface area contributed by atoms with E-state index in [1.807, 2.05) is 4.72 Å². The van der Waals surface area contributed by atoms with Crippen LogP contribution in [-0.2, 0) is 10.0 Å². The molecule has 6 heteroatoms. The van der Waals surface area contributed by atoms with E-state index in [1.165, 1.54) is 18.2 Å². The van der Waals surface area contributed by atoms with Gasteiger partial charge >= 0.3 is 0 Å². The van der Waals surface area contributed by atoms with Crippen molar-refractivity contribution >= 4 is 21.6 Å². The van der Waals surface area contributed by atoms with E-state index in [4.69, 9.17) is 5.73 Å². The van der Waals surface area contributed by atoms with Gasteiger partial charge in [-0.1, -0.05) is 0 Å². The number of benzene rings is 1.